The van der Waals surface area contributed by atoms with E-state index < -0.39 is 11.6 Å². The molecule has 0 atom stereocenters. The van der Waals surface area contributed by atoms with Crippen LogP contribution in [0.2, 0.25) is 0 Å². The van der Waals surface area contributed by atoms with E-state index in [1.54, 1.807) is 13.1 Å². The maximum absolute atomic E-state index is 13.1. The molecule has 0 radical (unpaired) electrons. The highest BCUT2D eigenvalue weighted by molar-refractivity contribution is 7.98. The van der Waals surface area contributed by atoms with Crippen LogP contribution in [0.4, 0.5) is 26.1 Å². The fourth-order valence-corrected chi connectivity index (χ4v) is 1.81. The highest BCUT2D eigenvalue weighted by atomic mass is 32.2. The molecule has 0 bridgehead atoms. The molecule has 1 aromatic heterocycles. The van der Waals surface area contributed by atoms with Crippen LogP contribution in [-0.2, 0) is 0 Å². The Balaban J connectivity index is 2.29. The van der Waals surface area contributed by atoms with Crippen molar-refractivity contribution in [2.75, 3.05) is 23.9 Å². The van der Waals surface area contributed by atoms with Gasteiger partial charge in [0.15, 0.2) is 16.8 Å². The molecule has 1 aromatic carbocycles. The number of hydrogen-bond acceptors (Lipinski definition) is 5. The van der Waals surface area contributed by atoms with Crippen LogP contribution in [-0.4, -0.2) is 23.3 Å². The number of thioether (sulfide) groups is 1. The normalized spacial score (nSPS) is 10.3. The fraction of sp³-hybridized carbons (Fsp3) is 0.167. The molecule has 100 valence electrons. The SMILES string of the molecule is CNc1cc(Nc2ccc(F)c(F)c2)nc(SC)n1. The Morgan fingerprint density at radius 3 is 2.42 bits per heavy atom. The quantitative estimate of drug-likeness (QED) is 0.666. The molecule has 0 aliphatic rings. The summed E-state index contributed by atoms with van der Waals surface area (Å²) in [5.41, 5.74) is 0.423. The van der Waals surface area contributed by atoms with Gasteiger partial charge in [0.05, 0.1) is 0 Å². The zero-order chi connectivity index (χ0) is 13.8. The van der Waals surface area contributed by atoms with Gasteiger partial charge in [-0.05, 0) is 18.4 Å². The predicted molar refractivity (Wildman–Crippen MR) is 73.0 cm³/mol. The van der Waals surface area contributed by atoms with Crippen LogP contribution in [0.25, 0.3) is 0 Å². The monoisotopic (exact) mass is 282 g/mol. The Morgan fingerprint density at radius 2 is 1.79 bits per heavy atom. The molecular weight excluding hydrogens is 270 g/mol. The predicted octanol–water partition coefficient (Wildman–Crippen LogP) is 3.26. The molecule has 0 amide bonds. The molecule has 0 saturated heterocycles. The summed E-state index contributed by atoms with van der Waals surface area (Å²) in [6.45, 7) is 0. The molecule has 0 aliphatic carbocycles. The fourth-order valence-electron chi connectivity index (χ4n) is 1.43. The first kappa shape index (κ1) is 13.5. The van der Waals surface area contributed by atoms with E-state index in [1.165, 1.54) is 17.8 Å². The van der Waals surface area contributed by atoms with Crippen molar-refractivity contribution in [3.8, 4) is 0 Å². The second kappa shape index (κ2) is 5.83. The topological polar surface area (TPSA) is 49.8 Å². The summed E-state index contributed by atoms with van der Waals surface area (Å²) in [4.78, 5) is 8.44. The van der Waals surface area contributed by atoms with E-state index in [2.05, 4.69) is 20.6 Å². The molecule has 1 heterocycles. The maximum Gasteiger partial charge on any atom is 0.191 e. The van der Waals surface area contributed by atoms with Crippen LogP contribution in [0.1, 0.15) is 0 Å². The summed E-state index contributed by atoms with van der Waals surface area (Å²) in [5.74, 6) is -0.633. The molecular formula is C12H12F2N4S. The number of nitrogens with one attached hydrogen (secondary N) is 2. The van der Waals surface area contributed by atoms with Crippen LogP contribution in [0.15, 0.2) is 29.4 Å². The minimum absolute atomic E-state index is 0.423. The smallest absolute Gasteiger partial charge is 0.191 e. The molecule has 0 spiro atoms. The van der Waals surface area contributed by atoms with Crippen molar-refractivity contribution in [1.29, 1.82) is 0 Å². The van der Waals surface area contributed by atoms with Gasteiger partial charge in [-0.2, -0.15) is 0 Å². The van der Waals surface area contributed by atoms with Crippen LogP contribution in [0, 0.1) is 11.6 Å². The summed E-state index contributed by atoms with van der Waals surface area (Å²) in [5, 5.41) is 6.40. The molecule has 4 nitrogen and oxygen atoms in total. The lowest BCUT2D eigenvalue weighted by Gasteiger charge is -2.09. The summed E-state index contributed by atoms with van der Waals surface area (Å²) in [7, 11) is 1.74. The van der Waals surface area contributed by atoms with Gasteiger partial charge in [0.25, 0.3) is 0 Å². The Labute approximate surface area is 113 Å². The molecule has 19 heavy (non-hydrogen) atoms. The van der Waals surface area contributed by atoms with E-state index in [0.717, 1.165) is 12.1 Å². The average molecular weight is 282 g/mol. The van der Waals surface area contributed by atoms with Gasteiger partial charge in [0.2, 0.25) is 0 Å². The van der Waals surface area contributed by atoms with E-state index in [1.807, 2.05) is 6.26 Å². The molecule has 2 rings (SSSR count). The number of benzene rings is 1. The number of nitrogens with zero attached hydrogens (tertiary/aromatic N) is 2. The van der Waals surface area contributed by atoms with Gasteiger partial charge in [0, 0.05) is 24.9 Å². The van der Waals surface area contributed by atoms with Crippen LogP contribution in [0.3, 0.4) is 0 Å². The molecule has 0 saturated carbocycles. The van der Waals surface area contributed by atoms with E-state index in [4.69, 9.17) is 0 Å². The second-order valence-electron chi connectivity index (χ2n) is 3.63. The van der Waals surface area contributed by atoms with Crippen LogP contribution >= 0.6 is 11.8 Å². The lowest BCUT2D eigenvalue weighted by atomic mass is 10.3. The van der Waals surface area contributed by atoms with Crippen molar-refractivity contribution in [3.05, 3.63) is 35.9 Å². The van der Waals surface area contributed by atoms with Crippen molar-refractivity contribution in [1.82, 2.24) is 9.97 Å². The molecule has 2 aromatic rings. The summed E-state index contributed by atoms with van der Waals surface area (Å²) in [6.07, 6.45) is 1.86. The second-order valence-corrected chi connectivity index (χ2v) is 4.40. The summed E-state index contributed by atoms with van der Waals surface area (Å²) < 4.78 is 25.9. The van der Waals surface area contributed by atoms with Crippen molar-refractivity contribution in [3.63, 3.8) is 0 Å². The minimum Gasteiger partial charge on any atom is -0.373 e. The van der Waals surface area contributed by atoms with Crippen molar-refractivity contribution >= 4 is 29.1 Å². The van der Waals surface area contributed by atoms with E-state index in [9.17, 15) is 8.78 Å². The van der Waals surface area contributed by atoms with Gasteiger partial charge in [-0.25, -0.2) is 18.7 Å². The summed E-state index contributed by atoms with van der Waals surface area (Å²) >= 11 is 1.39. The third-order valence-corrected chi connectivity index (χ3v) is 2.88. The number of rotatable bonds is 4. The third-order valence-electron chi connectivity index (χ3n) is 2.34. The van der Waals surface area contributed by atoms with Gasteiger partial charge >= 0.3 is 0 Å². The Kier molecular flexibility index (Phi) is 4.16. The zero-order valence-corrected chi connectivity index (χ0v) is 11.2. The average Bonchev–Trinajstić information content (AvgIpc) is 2.42. The molecule has 7 heteroatoms. The number of aromatic nitrogens is 2. The summed E-state index contributed by atoms with van der Waals surface area (Å²) in [6, 6.07) is 5.27. The number of anilines is 3. The standard InChI is InChI=1S/C12H12F2N4S/c1-15-10-6-11(18-12(17-10)19-2)16-7-3-4-8(13)9(14)5-7/h3-6H,1-2H3,(H2,15,16,17,18). The van der Waals surface area contributed by atoms with Gasteiger partial charge in [-0.1, -0.05) is 11.8 Å². The Hall–Kier alpha value is -1.89. The van der Waals surface area contributed by atoms with E-state index in [-0.39, 0.29) is 0 Å². The van der Waals surface area contributed by atoms with Crippen molar-refractivity contribution < 1.29 is 8.78 Å². The molecule has 0 fully saturated rings. The highest BCUT2D eigenvalue weighted by Crippen LogP contribution is 2.21. The van der Waals surface area contributed by atoms with Gasteiger partial charge < -0.3 is 10.6 Å². The first-order valence-corrected chi connectivity index (χ1v) is 6.67. The number of hydrogen-bond donors (Lipinski definition) is 2. The first-order valence-electron chi connectivity index (χ1n) is 5.45. The third kappa shape index (κ3) is 3.31. The molecule has 2 N–H and O–H groups in total. The lowest BCUT2D eigenvalue weighted by Crippen LogP contribution is -2.01. The van der Waals surface area contributed by atoms with Gasteiger partial charge in [-0.15, -0.1) is 0 Å². The lowest BCUT2D eigenvalue weighted by molar-refractivity contribution is 0.509. The van der Waals surface area contributed by atoms with Crippen LogP contribution in [0.5, 0.6) is 0 Å². The van der Waals surface area contributed by atoms with E-state index in [0.29, 0.717) is 22.5 Å². The van der Waals surface area contributed by atoms with Crippen molar-refractivity contribution in [2.45, 2.75) is 5.16 Å². The first-order chi connectivity index (χ1) is 9.12. The van der Waals surface area contributed by atoms with Crippen LogP contribution < -0.4 is 10.6 Å². The van der Waals surface area contributed by atoms with Crippen molar-refractivity contribution in [2.24, 2.45) is 0 Å². The molecule has 0 unspecified atom stereocenters. The Bertz CT molecular complexity index is 570. The van der Waals surface area contributed by atoms with Gasteiger partial charge in [0.1, 0.15) is 11.6 Å². The highest BCUT2D eigenvalue weighted by Gasteiger charge is 2.06. The largest absolute Gasteiger partial charge is 0.373 e. The van der Waals surface area contributed by atoms with E-state index >= 15 is 0 Å². The Morgan fingerprint density at radius 1 is 1.05 bits per heavy atom. The maximum atomic E-state index is 13.1. The van der Waals surface area contributed by atoms with Gasteiger partial charge in [-0.3, -0.25) is 0 Å². The zero-order valence-electron chi connectivity index (χ0n) is 10.4. The number of halogens is 2. The molecule has 0 aliphatic heterocycles. The minimum atomic E-state index is -0.905.